The molecule has 0 amide bonds. The molecular weight excluding hydrogens is 348 g/mol. The zero-order valence-electron chi connectivity index (χ0n) is 16.7. The fraction of sp³-hybridized carbons (Fsp3) is 0.579. The lowest BCUT2D eigenvalue weighted by molar-refractivity contribution is -0.144. The molecule has 150 valence electrons. The third kappa shape index (κ3) is 5.67. The number of carbonyl (C=O) groups is 1. The molecule has 0 aliphatic carbocycles. The molecule has 2 unspecified atom stereocenters. The van der Waals surface area contributed by atoms with Crippen LogP contribution in [0.1, 0.15) is 13.3 Å². The molecule has 2 N–H and O–H groups in total. The molecule has 8 heteroatoms. The van der Waals surface area contributed by atoms with E-state index in [1.165, 1.54) is 7.11 Å². The van der Waals surface area contributed by atoms with Crippen molar-refractivity contribution in [3.63, 3.8) is 0 Å². The van der Waals surface area contributed by atoms with Crippen molar-refractivity contribution in [2.24, 2.45) is 10.9 Å². The monoisotopic (exact) mass is 378 g/mol. The molecule has 0 spiro atoms. The summed E-state index contributed by atoms with van der Waals surface area (Å²) in [4.78, 5) is 18.0. The van der Waals surface area contributed by atoms with Gasteiger partial charge in [-0.1, -0.05) is 6.92 Å². The highest BCUT2D eigenvalue weighted by molar-refractivity contribution is 5.81. The van der Waals surface area contributed by atoms with Crippen LogP contribution in [-0.4, -0.2) is 66.0 Å². The summed E-state index contributed by atoms with van der Waals surface area (Å²) in [6.07, 6.45) is 0.979. The van der Waals surface area contributed by atoms with Gasteiger partial charge in [0.05, 0.1) is 27.2 Å². The van der Waals surface area contributed by atoms with E-state index < -0.39 is 0 Å². The van der Waals surface area contributed by atoms with Gasteiger partial charge in [0.15, 0.2) is 5.96 Å². The number of anilines is 1. The topological polar surface area (TPSA) is 84.4 Å². The van der Waals surface area contributed by atoms with Gasteiger partial charge in [-0.15, -0.1) is 0 Å². The van der Waals surface area contributed by atoms with E-state index >= 15 is 0 Å². The Morgan fingerprint density at radius 3 is 2.48 bits per heavy atom. The van der Waals surface area contributed by atoms with Crippen LogP contribution in [0.25, 0.3) is 0 Å². The Hall–Kier alpha value is -2.64. The van der Waals surface area contributed by atoms with Crippen LogP contribution in [0, 0.1) is 5.92 Å². The van der Waals surface area contributed by atoms with Gasteiger partial charge in [0.1, 0.15) is 11.5 Å². The maximum atomic E-state index is 11.5. The number of hydrogen-bond donors (Lipinski definition) is 2. The molecule has 0 saturated carbocycles. The van der Waals surface area contributed by atoms with Gasteiger partial charge in [-0.25, -0.2) is 0 Å². The number of carbonyl (C=O) groups excluding carboxylic acids is 1. The number of benzene rings is 1. The minimum atomic E-state index is -0.239. The summed E-state index contributed by atoms with van der Waals surface area (Å²) in [5.41, 5.74) is 1.07. The fourth-order valence-electron chi connectivity index (χ4n) is 3.01. The van der Waals surface area contributed by atoms with E-state index in [0.717, 1.165) is 36.7 Å². The van der Waals surface area contributed by atoms with Gasteiger partial charge < -0.3 is 29.7 Å². The Balaban J connectivity index is 1.92. The van der Waals surface area contributed by atoms with Crippen molar-refractivity contribution in [1.29, 1.82) is 0 Å². The van der Waals surface area contributed by atoms with Crippen LogP contribution in [0.4, 0.5) is 5.69 Å². The lowest BCUT2D eigenvalue weighted by Crippen LogP contribution is -2.46. The van der Waals surface area contributed by atoms with Crippen molar-refractivity contribution < 1.29 is 19.0 Å². The van der Waals surface area contributed by atoms with E-state index in [0.29, 0.717) is 12.5 Å². The van der Waals surface area contributed by atoms with E-state index in [-0.39, 0.29) is 17.9 Å². The largest absolute Gasteiger partial charge is 0.497 e. The van der Waals surface area contributed by atoms with E-state index in [4.69, 9.17) is 14.2 Å². The first kappa shape index (κ1) is 20.7. The number of methoxy groups -OCH3 is 3. The number of nitrogens with one attached hydrogen (secondary N) is 2. The summed E-state index contributed by atoms with van der Waals surface area (Å²) < 4.78 is 15.5. The average Bonchev–Trinajstić information content (AvgIpc) is 3.18. The first-order valence-corrected chi connectivity index (χ1v) is 9.03. The molecule has 1 aliphatic heterocycles. The van der Waals surface area contributed by atoms with Crippen molar-refractivity contribution in [3.05, 3.63) is 18.2 Å². The fourth-order valence-corrected chi connectivity index (χ4v) is 3.01. The Labute approximate surface area is 160 Å². The molecule has 0 aromatic heterocycles. The highest BCUT2D eigenvalue weighted by atomic mass is 16.5. The molecule has 1 saturated heterocycles. The van der Waals surface area contributed by atoms with Gasteiger partial charge in [-0.3, -0.25) is 9.79 Å². The Morgan fingerprint density at radius 1 is 1.26 bits per heavy atom. The third-order valence-electron chi connectivity index (χ3n) is 4.63. The molecule has 2 atom stereocenters. The first-order chi connectivity index (χ1) is 13.0. The molecule has 1 fully saturated rings. The number of nitrogens with zero attached hydrogens (tertiary/aromatic N) is 2. The average molecular weight is 378 g/mol. The molecule has 1 aromatic rings. The Bertz CT molecular complexity index is 643. The predicted octanol–water partition coefficient (Wildman–Crippen LogP) is 1.26. The number of esters is 1. The van der Waals surface area contributed by atoms with E-state index in [2.05, 4.69) is 20.5 Å². The van der Waals surface area contributed by atoms with Gasteiger partial charge in [-0.2, -0.15) is 0 Å². The second kappa shape index (κ2) is 9.89. The summed E-state index contributed by atoms with van der Waals surface area (Å²) in [6, 6.07) is 6.14. The molecule has 2 rings (SSSR count). The second-order valence-electron chi connectivity index (χ2n) is 6.52. The maximum Gasteiger partial charge on any atom is 0.310 e. The number of rotatable bonds is 7. The summed E-state index contributed by atoms with van der Waals surface area (Å²) in [5, 5.41) is 6.60. The molecule has 0 radical (unpaired) electrons. The van der Waals surface area contributed by atoms with E-state index in [1.807, 2.05) is 25.1 Å². The van der Waals surface area contributed by atoms with Gasteiger partial charge in [-0.05, 0) is 6.42 Å². The normalized spacial score (nSPS) is 18.0. The molecule has 27 heavy (non-hydrogen) atoms. The highest BCUT2D eigenvalue weighted by Gasteiger charge is 2.24. The van der Waals surface area contributed by atoms with Crippen LogP contribution in [0.5, 0.6) is 11.5 Å². The molecule has 1 heterocycles. The lowest BCUT2D eigenvalue weighted by atomic mass is 10.2. The maximum absolute atomic E-state index is 11.5. The number of guanidine groups is 1. The van der Waals surface area contributed by atoms with Gasteiger partial charge in [0.25, 0.3) is 0 Å². The molecular formula is C19H30N4O4. The van der Waals surface area contributed by atoms with Crippen LogP contribution in [0.2, 0.25) is 0 Å². The summed E-state index contributed by atoms with van der Waals surface area (Å²) in [6.45, 7) is 4.04. The zero-order chi connectivity index (χ0) is 19.8. The SMILES string of the molecule is CN=C(NCC(C)C(=O)OC)NC1CCN(c2cc(OC)cc(OC)c2)C1. The van der Waals surface area contributed by atoms with Crippen molar-refractivity contribution in [2.75, 3.05) is 52.9 Å². The number of aliphatic imine (C=N–C) groups is 1. The molecule has 1 aromatic carbocycles. The molecule has 8 nitrogen and oxygen atoms in total. The highest BCUT2D eigenvalue weighted by Crippen LogP contribution is 2.30. The second-order valence-corrected chi connectivity index (χ2v) is 6.52. The van der Waals surface area contributed by atoms with Crippen LogP contribution < -0.4 is 25.0 Å². The number of hydrogen-bond acceptors (Lipinski definition) is 6. The number of ether oxygens (including phenoxy) is 3. The van der Waals surface area contributed by atoms with Crippen molar-refractivity contribution >= 4 is 17.6 Å². The predicted molar refractivity (Wildman–Crippen MR) is 106 cm³/mol. The van der Waals surface area contributed by atoms with Crippen molar-refractivity contribution in [1.82, 2.24) is 10.6 Å². The first-order valence-electron chi connectivity index (χ1n) is 9.03. The van der Waals surface area contributed by atoms with Crippen LogP contribution in [-0.2, 0) is 9.53 Å². The van der Waals surface area contributed by atoms with Crippen LogP contribution in [0.15, 0.2) is 23.2 Å². The van der Waals surface area contributed by atoms with Crippen LogP contribution >= 0.6 is 0 Å². The van der Waals surface area contributed by atoms with E-state index in [9.17, 15) is 4.79 Å². The van der Waals surface area contributed by atoms with Crippen molar-refractivity contribution in [2.45, 2.75) is 19.4 Å². The smallest absolute Gasteiger partial charge is 0.310 e. The Kier molecular flexibility index (Phi) is 7.57. The lowest BCUT2D eigenvalue weighted by Gasteiger charge is -2.22. The Morgan fingerprint density at radius 2 is 1.93 bits per heavy atom. The minimum absolute atomic E-state index is 0.238. The summed E-state index contributed by atoms with van der Waals surface area (Å²) in [5.74, 6) is 1.75. The standard InChI is InChI=1S/C19H30N4O4/c1-13(18(24)27-5)11-21-19(20-2)22-14-6-7-23(12-14)15-8-16(25-3)10-17(9-15)26-4/h8-10,13-14H,6-7,11-12H2,1-5H3,(H2,20,21,22). The van der Waals surface area contributed by atoms with Crippen LogP contribution in [0.3, 0.4) is 0 Å². The molecule has 0 bridgehead atoms. The van der Waals surface area contributed by atoms with Gasteiger partial charge >= 0.3 is 5.97 Å². The summed E-state index contributed by atoms with van der Waals surface area (Å²) >= 11 is 0. The van der Waals surface area contributed by atoms with Crippen molar-refractivity contribution in [3.8, 4) is 11.5 Å². The quantitative estimate of drug-likeness (QED) is 0.420. The van der Waals surface area contributed by atoms with Gasteiger partial charge in [0.2, 0.25) is 0 Å². The van der Waals surface area contributed by atoms with E-state index in [1.54, 1.807) is 21.3 Å². The molecule has 1 aliphatic rings. The van der Waals surface area contributed by atoms with Gasteiger partial charge in [0, 0.05) is 56.6 Å². The minimum Gasteiger partial charge on any atom is -0.497 e. The zero-order valence-corrected chi connectivity index (χ0v) is 16.7. The summed E-state index contributed by atoms with van der Waals surface area (Å²) in [7, 11) is 6.42. The third-order valence-corrected chi connectivity index (χ3v) is 4.63.